The van der Waals surface area contributed by atoms with Crippen LogP contribution in [-0.4, -0.2) is 33.3 Å². The Hall–Kier alpha value is -0.870. The number of aryl methyl sites for hydroxylation is 1. The Labute approximate surface area is 84.0 Å². The van der Waals surface area contributed by atoms with Crippen LogP contribution in [0.2, 0.25) is 0 Å². The summed E-state index contributed by atoms with van der Waals surface area (Å²) in [7, 11) is 0. The van der Waals surface area contributed by atoms with E-state index in [1.54, 1.807) is 6.33 Å². The molecule has 1 aromatic heterocycles. The van der Waals surface area contributed by atoms with E-state index in [9.17, 15) is 5.11 Å². The topological polar surface area (TPSA) is 50.1 Å². The maximum absolute atomic E-state index is 10.2. The molecule has 2 rings (SSSR count). The zero-order chi connectivity index (χ0) is 10.0. The van der Waals surface area contributed by atoms with Crippen LogP contribution in [0, 0.1) is 6.92 Å². The lowest BCUT2D eigenvalue weighted by Gasteiger charge is -2.32. The second-order valence-electron chi connectivity index (χ2n) is 4.19. The van der Waals surface area contributed by atoms with Gasteiger partial charge in [0.2, 0.25) is 0 Å². The van der Waals surface area contributed by atoms with Crippen molar-refractivity contribution in [2.75, 3.05) is 13.1 Å². The van der Waals surface area contributed by atoms with Crippen LogP contribution in [0.4, 0.5) is 0 Å². The SMILES string of the molecule is Cc1cn(CC2(O)CCCNC2)cn1. The monoisotopic (exact) mass is 195 g/mol. The lowest BCUT2D eigenvalue weighted by Crippen LogP contribution is -2.48. The molecule has 1 unspecified atom stereocenters. The Morgan fingerprint density at radius 3 is 3.14 bits per heavy atom. The molecule has 0 aliphatic carbocycles. The van der Waals surface area contributed by atoms with Gasteiger partial charge < -0.3 is 15.0 Å². The molecule has 1 aliphatic heterocycles. The van der Waals surface area contributed by atoms with E-state index in [0.717, 1.165) is 25.1 Å². The largest absolute Gasteiger partial charge is 0.387 e. The molecule has 1 fully saturated rings. The van der Waals surface area contributed by atoms with Crippen LogP contribution in [0.1, 0.15) is 18.5 Å². The second-order valence-corrected chi connectivity index (χ2v) is 4.19. The summed E-state index contributed by atoms with van der Waals surface area (Å²) in [4.78, 5) is 4.14. The van der Waals surface area contributed by atoms with Gasteiger partial charge in [-0.05, 0) is 26.3 Å². The quantitative estimate of drug-likeness (QED) is 0.714. The van der Waals surface area contributed by atoms with Crippen molar-refractivity contribution in [3.63, 3.8) is 0 Å². The van der Waals surface area contributed by atoms with Gasteiger partial charge >= 0.3 is 0 Å². The highest BCUT2D eigenvalue weighted by atomic mass is 16.3. The summed E-state index contributed by atoms with van der Waals surface area (Å²) < 4.78 is 1.96. The summed E-state index contributed by atoms with van der Waals surface area (Å²) in [5.41, 5.74) is 0.406. The molecule has 2 heterocycles. The van der Waals surface area contributed by atoms with E-state index < -0.39 is 5.60 Å². The number of nitrogens with one attached hydrogen (secondary N) is 1. The zero-order valence-corrected chi connectivity index (χ0v) is 8.53. The maximum atomic E-state index is 10.2. The average molecular weight is 195 g/mol. The number of aliphatic hydroxyl groups is 1. The van der Waals surface area contributed by atoms with E-state index in [1.165, 1.54) is 0 Å². The fourth-order valence-electron chi connectivity index (χ4n) is 1.99. The molecule has 78 valence electrons. The number of imidazole rings is 1. The number of β-amino-alcohol motifs (C(OH)–C–C–N with tert-alkyl or cyclic N) is 1. The molecule has 1 aliphatic rings. The molecule has 1 aromatic rings. The minimum Gasteiger partial charge on any atom is -0.387 e. The van der Waals surface area contributed by atoms with E-state index in [4.69, 9.17) is 0 Å². The first kappa shape index (κ1) is 9.68. The van der Waals surface area contributed by atoms with Crippen molar-refractivity contribution in [2.24, 2.45) is 0 Å². The van der Waals surface area contributed by atoms with Crippen LogP contribution >= 0.6 is 0 Å². The van der Waals surface area contributed by atoms with Crippen molar-refractivity contribution in [1.82, 2.24) is 14.9 Å². The van der Waals surface area contributed by atoms with Gasteiger partial charge in [0.1, 0.15) is 0 Å². The standard InChI is InChI=1S/C10H17N3O/c1-9-5-13(8-12-9)7-10(14)3-2-4-11-6-10/h5,8,11,14H,2-4,6-7H2,1H3. The second kappa shape index (κ2) is 3.71. The molecule has 0 saturated carbocycles. The minimum atomic E-state index is -0.592. The molecule has 2 N–H and O–H groups in total. The van der Waals surface area contributed by atoms with Gasteiger partial charge in [-0.1, -0.05) is 0 Å². The molecule has 1 saturated heterocycles. The lowest BCUT2D eigenvalue weighted by atomic mass is 9.94. The first-order chi connectivity index (χ1) is 6.68. The summed E-state index contributed by atoms with van der Waals surface area (Å²) in [5, 5.41) is 13.4. The van der Waals surface area contributed by atoms with Crippen molar-refractivity contribution in [3.8, 4) is 0 Å². The Morgan fingerprint density at radius 2 is 2.57 bits per heavy atom. The van der Waals surface area contributed by atoms with Crippen LogP contribution in [0.3, 0.4) is 0 Å². The van der Waals surface area contributed by atoms with Crippen LogP contribution in [0.15, 0.2) is 12.5 Å². The molecule has 0 radical (unpaired) electrons. The summed E-state index contributed by atoms with van der Waals surface area (Å²) in [6, 6.07) is 0. The van der Waals surface area contributed by atoms with Gasteiger partial charge in [0, 0.05) is 12.7 Å². The molecular formula is C10H17N3O. The molecule has 0 amide bonds. The van der Waals surface area contributed by atoms with E-state index >= 15 is 0 Å². The highest BCUT2D eigenvalue weighted by Crippen LogP contribution is 2.18. The van der Waals surface area contributed by atoms with Gasteiger partial charge in [0.15, 0.2) is 0 Å². The van der Waals surface area contributed by atoms with Crippen molar-refractivity contribution in [3.05, 3.63) is 18.2 Å². The van der Waals surface area contributed by atoms with Gasteiger partial charge in [-0.2, -0.15) is 0 Å². The van der Waals surface area contributed by atoms with E-state index in [0.29, 0.717) is 13.1 Å². The van der Waals surface area contributed by atoms with Gasteiger partial charge in [-0.25, -0.2) is 4.98 Å². The molecular weight excluding hydrogens is 178 g/mol. The van der Waals surface area contributed by atoms with Crippen LogP contribution < -0.4 is 5.32 Å². The number of hydrogen-bond donors (Lipinski definition) is 2. The molecule has 0 bridgehead atoms. The fourth-order valence-corrected chi connectivity index (χ4v) is 1.99. The molecule has 4 heteroatoms. The van der Waals surface area contributed by atoms with Crippen LogP contribution in [-0.2, 0) is 6.54 Å². The third-order valence-corrected chi connectivity index (χ3v) is 2.69. The zero-order valence-electron chi connectivity index (χ0n) is 8.53. The first-order valence-corrected chi connectivity index (χ1v) is 5.09. The summed E-state index contributed by atoms with van der Waals surface area (Å²) in [6.45, 7) is 4.30. The van der Waals surface area contributed by atoms with Crippen LogP contribution in [0.25, 0.3) is 0 Å². The number of rotatable bonds is 2. The molecule has 0 spiro atoms. The lowest BCUT2D eigenvalue weighted by molar-refractivity contribution is 0.000661. The van der Waals surface area contributed by atoms with Gasteiger partial charge in [0.05, 0.1) is 24.2 Å². The van der Waals surface area contributed by atoms with E-state index in [-0.39, 0.29) is 0 Å². The Morgan fingerprint density at radius 1 is 1.71 bits per heavy atom. The van der Waals surface area contributed by atoms with E-state index in [1.807, 2.05) is 17.7 Å². The summed E-state index contributed by atoms with van der Waals surface area (Å²) >= 11 is 0. The predicted molar refractivity (Wildman–Crippen MR) is 54.0 cm³/mol. The number of aromatic nitrogens is 2. The van der Waals surface area contributed by atoms with Gasteiger partial charge in [0.25, 0.3) is 0 Å². The maximum Gasteiger partial charge on any atom is 0.0950 e. The highest BCUT2D eigenvalue weighted by Gasteiger charge is 2.29. The average Bonchev–Trinajstić information content (AvgIpc) is 2.51. The third kappa shape index (κ3) is 2.13. The summed E-state index contributed by atoms with van der Waals surface area (Å²) in [5.74, 6) is 0. The third-order valence-electron chi connectivity index (χ3n) is 2.69. The number of nitrogens with zero attached hydrogens (tertiary/aromatic N) is 2. The van der Waals surface area contributed by atoms with Crippen molar-refractivity contribution >= 4 is 0 Å². The molecule has 14 heavy (non-hydrogen) atoms. The predicted octanol–water partition coefficient (Wildman–Crippen LogP) is 0.306. The molecule has 4 nitrogen and oxygen atoms in total. The normalized spacial score (nSPS) is 27.9. The fraction of sp³-hybridized carbons (Fsp3) is 0.700. The van der Waals surface area contributed by atoms with Crippen LogP contribution in [0.5, 0.6) is 0 Å². The van der Waals surface area contributed by atoms with Crippen molar-refractivity contribution in [1.29, 1.82) is 0 Å². The summed E-state index contributed by atoms with van der Waals surface area (Å²) in [6.07, 6.45) is 5.66. The molecule has 0 aromatic carbocycles. The molecule has 1 atom stereocenters. The first-order valence-electron chi connectivity index (χ1n) is 5.09. The number of hydrogen-bond acceptors (Lipinski definition) is 3. The Balaban J connectivity index is 2.01. The minimum absolute atomic E-state index is 0.592. The van der Waals surface area contributed by atoms with Gasteiger partial charge in [-0.3, -0.25) is 0 Å². The van der Waals surface area contributed by atoms with Crippen molar-refractivity contribution < 1.29 is 5.11 Å². The van der Waals surface area contributed by atoms with E-state index in [2.05, 4.69) is 10.3 Å². The number of piperidine rings is 1. The Kier molecular flexibility index (Phi) is 2.56. The smallest absolute Gasteiger partial charge is 0.0950 e. The van der Waals surface area contributed by atoms with Crippen molar-refractivity contribution in [2.45, 2.75) is 31.9 Å². The highest BCUT2D eigenvalue weighted by molar-refractivity contribution is 4.95. The Bertz CT molecular complexity index is 302. The van der Waals surface area contributed by atoms with Gasteiger partial charge in [-0.15, -0.1) is 0 Å².